The number of hydrogen-bond acceptors (Lipinski definition) is 7. The van der Waals surface area contributed by atoms with E-state index in [0.29, 0.717) is 21.9 Å². The normalized spacial score (nSPS) is 14.5. The molecule has 4 heterocycles. The van der Waals surface area contributed by atoms with Gasteiger partial charge < -0.3 is 5.32 Å². The lowest BCUT2D eigenvalue weighted by Crippen LogP contribution is -2.35. The number of anilines is 1. The Morgan fingerprint density at radius 3 is 2.42 bits per heavy atom. The molecule has 0 bridgehead atoms. The van der Waals surface area contributed by atoms with Crippen LogP contribution in [0, 0.1) is 28.9 Å². The van der Waals surface area contributed by atoms with Crippen LogP contribution in [0.5, 0.6) is 0 Å². The van der Waals surface area contributed by atoms with Gasteiger partial charge in [0, 0.05) is 40.8 Å². The number of halogens is 6. The van der Waals surface area contributed by atoms with Gasteiger partial charge in [-0.1, -0.05) is 5.92 Å². The van der Waals surface area contributed by atoms with Gasteiger partial charge in [0.1, 0.15) is 35.3 Å². The quantitative estimate of drug-likeness (QED) is 0.130. The van der Waals surface area contributed by atoms with Gasteiger partial charge in [-0.3, -0.25) is 18.6 Å². The number of sulfonamides is 1. The number of amides is 1. The topological polar surface area (TPSA) is 136 Å². The molecule has 2 N–H and O–H groups in total. The van der Waals surface area contributed by atoms with E-state index in [-0.39, 0.29) is 47.0 Å². The second-order valence-electron chi connectivity index (χ2n) is 13.6. The van der Waals surface area contributed by atoms with E-state index in [4.69, 9.17) is 4.98 Å². The number of fused-ring (bicyclic) bond motifs is 2. The first kappa shape index (κ1) is 37.3. The minimum atomic E-state index is -3.76. The molecule has 18 heteroatoms. The van der Waals surface area contributed by atoms with Crippen molar-refractivity contribution in [3.05, 3.63) is 94.2 Å². The molecule has 278 valence electrons. The van der Waals surface area contributed by atoms with E-state index in [0.717, 1.165) is 18.4 Å². The van der Waals surface area contributed by atoms with Crippen molar-refractivity contribution in [1.82, 2.24) is 34.7 Å². The molecule has 0 saturated heterocycles. The average molecular weight is 759 g/mol. The first-order valence-corrected chi connectivity index (χ1v) is 18.0. The van der Waals surface area contributed by atoms with Crippen LogP contribution in [0.15, 0.2) is 48.7 Å². The number of rotatable bonds is 10. The number of alkyl halides is 4. The third kappa shape index (κ3) is 8.30. The Hall–Kier alpha value is -5.44. The van der Waals surface area contributed by atoms with Gasteiger partial charge in [0.15, 0.2) is 5.65 Å². The molecule has 1 atom stereocenters. The smallest absolute Gasteiger partial charge is 0.290 e. The zero-order chi connectivity index (χ0) is 38.5. The lowest BCUT2D eigenvalue weighted by Gasteiger charge is -2.23. The van der Waals surface area contributed by atoms with Crippen molar-refractivity contribution in [3.8, 4) is 23.0 Å². The van der Waals surface area contributed by atoms with Gasteiger partial charge in [0.05, 0.1) is 18.0 Å². The van der Waals surface area contributed by atoms with Crippen LogP contribution in [0.2, 0.25) is 0 Å². The molecule has 0 aliphatic heterocycles. The summed E-state index contributed by atoms with van der Waals surface area (Å²) in [6.45, 7) is 4.73. The summed E-state index contributed by atoms with van der Waals surface area (Å²) in [6.07, 6.45) is -2.07. The van der Waals surface area contributed by atoms with Crippen molar-refractivity contribution in [2.45, 2.75) is 65.0 Å². The lowest BCUT2D eigenvalue weighted by atomic mass is 9.94. The molecule has 0 unspecified atom stereocenters. The highest BCUT2D eigenvalue weighted by Gasteiger charge is 2.46. The van der Waals surface area contributed by atoms with Crippen molar-refractivity contribution < 1.29 is 39.6 Å². The van der Waals surface area contributed by atoms with E-state index >= 15 is 0 Å². The van der Waals surface area contributed by atoms with Crippen molar-refractivity contribution in [3.63, 3.8) is 0 Å². The molecular formula is C35H32F6N8O3S. The summed E-state index contributed by atoms with van der Waals surface area (Å²) in [6, 6.07) is 7.91. The van der Waals surface area contributed by atoms with Crippen LogP contribution in [-0.2, 0) is 40.1 Å². The average Bonchev–Trinajstić information content (AvgIpc) is 3.71. The van der Waals surface area contributed by atoms with Crippen molar-refractivity contribution in [1.29, 1.82) is 0 Å². The van der Waals surface area contributed by atoms with Gasteiger partial charge in [-0.25, -0.2) is 31.0 Å². The molecule has 53 heavy (non-hydrogen) atoms. The molecule has 0 fully saturated rings. The molecule has 0 saturated carbocycles. The van der Waals surface area contributed by atoms with Gasteiger partial charge in [-0.15, -0.1) is 10.2 Å². The number of carbonyl (C=O) groups excluding carboxylic acids is 1. The van der Waals surface area contributed by atoms with Crippen LogP contribution in [0.3, 0.4) is 0 Å². The molecule has 1 aliphatic rings. The van der Waals surface area contributed by atoms with Crippen molar-refractivity contribution in [2.24, 2.45) is 5.41 Å². The summed E-state index contributed by atoms with van der Waals surface area (Å²) < 4.78 is 114. The fraction of sp³-hybridized carbons (Fsp3) is 0.343. The standard InChI is InChI=1S/C35H32F6N8O3S/c1-34(2,3)11-9-22-7-8-23(24-6-5-13-48-32(24)44-45-33(48)47-53(4,51)52)28(42-22)26(16-19-14-20(36)17-21(37)15-19)43-27(50)18-49-30-25(10-12-35(30,40)41)29(46-49)31(38)39/h5-8,13-15,17,26,31H,10,12,16,18H2,1-4H3,(H,43,50)(H,45,47)/t26-/m0/s1. The van der Waals surface area contributed by atoms with Crippen LogP contribution in [0.1, 0.15) is 73.6 Å². The molecule has 0 radical (unpaired) electrons. The fourth-order valence-corrected chi connectivity index (χ4v) is 6.54. The summed E-state index contributed by atoms with van der Waals surface area (Å²) in [4.78, 5) is 18.5. The van der Waals surface area contributed by atoms with Crippen LogP contribution >= 0.6 is 0 Å². The third-order valence-electron chi connectivity index (χ3n) is 8.14. The van der Waals surface area contributed by atoms with E-state index in [9.17, 15) is 39.6 Å². The zero-order valence-corrected chi connectivity index (χ0v) is 29.5. The number of hydrogen-bond donors (Lipinski definition) is 2. The highest BCUT2D eigenvalue weighted by atomic mass is 32.2. The van der Waals surface area contributed by atoms with Crippen LogP contribution in [-0.4, -0.2) is 49.9 Å². The molecule has 1 amide bonds. The number of aromatic nitrogens is 6. The largest absolute Gasteiger partial charge is 0.346 e. The highest BCUT2D eigenvalue weighted by Crippen LogP contribution is 2.44. The van der Waals surface area contributed by atoms with E-state index in [2.05, 4.69) is 37.2 Å². The van der Waals surface area contributed by atoms with Crippen molar-refractivity contribution in [2.75, 3.05) is 11.0 Å². The Labute approximate surface area is 299 Å². The van der Waals surface area contributed by atoms with Crippen LogP contribution < -0.4 is 10.0 Å². The van der Waals surface area contributed by atoms with Crippen molar-refractivity contribution >= 4 is 27.5 Å². The van der Waals surface area contributed by atoms with E-state index in [1.54, 1.807) is 24.3 Å². The maximum atomic E-state index is 14.9. The minimum absolute atomic E-state index is 0.0820. The summed E-state index contributed by atoms with van der Waals surface area (Å²) in [5, 5.41) is 14.5. The number of nitrogens with one attached hydrogen (secondary N) is 2. The fourth-order valence-electron chi connectivity index (χ4n) is 6.07. The predicted octanol–water partition coefficient (Wildman–Crippen LogP) is 6.11. The lowest BCUT2D eigenvalue weighted by molar-refractivity contribution is -0.122. The molecule has 6 rings (SSSR count). The minimum Gasteiger partial charge on any atom is -0.346 e. The SMILES string of the molecule is CC(C)(C)C#Cc1ccc(-c2cccn3c(NS(C)(=O)=O)nnc23)c([C@H](Cc2cc(F)cc(F)c2)NC(=O)Cn2nc(C(F)F)c3c2C(F)(F)CC3)n1. The van der Waals surface area contributed by atoms with Gasteiger partial charge in [-0.05, 0) is 81.5 Å². The van der Waals surface area contributed by atoms with E-state index in [1.165, 1.54) is 10.6 Å². The van der Waals surface area contributed by atoms with Gasteiger partial charge >= 0.3 is 0 Å². The maximum Gasteiger partial charge on any atom is 0.290 e. The highest BCUT2D eigenvalue weighted by molar-refractivity contribution is 7.92. The monoisotopic (exact) mass is 758 g/mol. The summed E-state index contributed by atoms with van der Waals surface area (Å²) in [7, 11) is -3.76. The predicted molar refractivity (Wildman–Crippen MR) is 181 cm³/mol. The molecule has 11 nitrogen and oxygen atoms in total. The maximum absolute atomic E-state index is 14.9. The first-order chi connectivity index (χ1) is 24.8. The summed E-state index contributed by atoms with van der Waals surface area (Å²) in [5.74, 6) is -0.349. The Balaban J connectivity index is 1.50. The van der Waals surface area contributed by atoms with Gasteiger partial charge in [0.2, 0.25) is 21.9 Å². The van der Waals surface area contributed by atoms with Gasteiger partial charge in [0.25, 0.3) is 12.3 Å². The zero-order valence-electron chi connectivity index (χ0n) is 28.7. The summed E-state index contributed by atoms with van der Waals surface area (Å²) >= 11 is 0. The van der Waals surface area contributed by atoms with Crippen LogP contribution in [0.25, 0.3) is 16.8 Å². The first-order valence-electron chi connectivity index (χ1n) is 16.1. The van der Waals surface area contributed by atoms with E-state index < -0.39 is 75.7 Å². The van der Waals surface area contributed by atoms with E-state index in [1.807, 2.05) is 20.8 Å². The molecular weight excluding hydrogens is 726 g/mol. The number of nitrogens with zero attached hydrogens (tertiary/aromatic N) is 6. The number of carbonyl (C=O) groups is 1. The Morgan fingerprint density at radius 1 is 1.04 bits per heavy atom. The Morgan fingerprint density at radius 2 is 1.75 bits per heavy atom. The Kier molecular flexibility index (Phi) is 9.75. The Bertz CT molecular complexity index is 2390. The molecule has 1 aliphatic carbocycles. The molecule has 5 aromatic rings. The molecule has 0 spiro atoms. The summed E-state index contributed by atoms with van der Waals surface area (Å²) in [5.41, 5.74) is -1.15. The second-order valence-corrected chi connectivity index (χ2v) is 15.4. The number of pyridine rings is 2. The van der Waals surface area contributed by atoms with Gasteiger partial charge in [-0.2, -0.15) is 13.9 Å². The molecule has 1 aromatic carbocycles. The third-order valence-corrected chi connectivity index (χ3v) is 8.69. The number of benzene rings is 1. The second kappa shape index (κ2) is 13.8. The molecule has 4 aromatic heterocycles. The van der Waals surface area contributed by atoms with Crippen LogP contribution in [0.4, 0.5) is 32.3 Å².